The molecule has 28 heteroatoms. The lowest BCUT2D eigenvalue weighted by Crippen LogP contribution is -2.65. The van der Waals surface area contributed by atoms with Gasteiger partial charge in [-0.2, -0.15) is 0 Å². The van der Waals surface area contributed by atoms with Gasteiger partial charge in [-0.3, -0.25) is 4.79 Å². The molecule has 0 spiro atoms. The van der Waals surface area contributed by atoms with Crippen LogP contribution in [-0.4, -0.2) is 232 Å². The summed E-state index contributed by atoms with van der Waals surface area (Å²) in [6, 6.07) is 11.1. The van der Waals surface area contributed by atoms with E-state index in [0.717, 1.165) is 18.2 Å². The van der Waals surface area contributed by atoms with Crippen LogP contribution in [0.3, 0.4) is 0 Å². The Bertz CT molecular complexity index is 2750. The number of esters is 1. The summed E-state index contributed by atoms with van der Waals surface area (Å²) in [5.74, 6) is -3.65. The number of methoxy groups -OCH3 is 1. The highest BCUT2D eigenvalue weighted by atomic mass is 16.8. The molecule has 20 unspecified atom stereocenters. The number of rotatable bonds is 16. The number of fused-ring (bicyclic) bond motifs is 1. The van der Waals surface area contributed by atoms with E-state index >= 15 is 0 Å². The largest absolute Gasteiger partial charge is 0.508 e. The summed E-state index contributed by atoms with van der Waals surface area (Å²) in [6.07, 6.45) is -34.0. The van der Waals surface area contributed by atoms with Crippen molar-refractivity contribution in [3.05, 3.63) is 76.5 Å². The van der Waals surface area contributed by atoms with Gasteiger partial charge >= 0.3 is 5.97 Å². The molecule has 1 aromatic heterocycles. The average molecular weight is 1090 g/mol. The highest BCUT2D eigenvalue weighted by molar-refractivity contribution is 5.88. The van der Waals surface area contributed by atoms with Crippen LogP contribution in [0.4, 0.5) is 0 Å². The van der Waals surface area contributed by atoms with Crippen molar-refractivity contribution in [1.29, 1.82) is 0 Å². The van der Waals surface area contributed by atoms with Gasteiger partial charge in [0.25, 0.3) is 0 Å². The van der Waals surface area contributed by atoms with Gasteiger partial charge in [0.2, 0.25) is 23.8 Å². The topological polar surface area (TPSA) is 443 Å². The van der Waals surface area contributed by atoms with Crippen LogP contribution >= 0.6 is 0 Å². The van der Waals surface area contributed by atoms with E-state index in [1.54, 1.807) is 0 Å². The zero-order chi connectivity index (χ0) is 55.7. The Morgan fingerprint density at radius 2 is 1.23 bits per heavy atom. The van der Waals surface area contributed by atoms with Crippen LogP contribution in [0.1, 0.15) is 12.5 Å². The Morgan fingerprint density at radius 1 is 0.623 bits per heavy atom. The number of hydrogen-bond acceptors (Lipinski definition) is 28. The molecule has 3 aromatic carbocycles. The van der Waals surface area contributed by atoms with Crippen LogP contribution in [-0.2, 0) is 38.0 Å². The van der Waals surface area contributed by atoms with Crippen molar-refractivity contribution in [2.24, 2.45) is 0 Å². The Hall–Kier alpha value is -5.84. The number of aliphatic hydroxyl groups excluding tert-OH is 12. The van der Waals surface area contributed by atoms with Gasteiger partial charge in [0.05, 0.1) is 26.4 Å². The molecule has 4 fully saturated rings. The molecule has 20 atom stereocenters. The van der Waals surface area contributed by atoms with E-state index in [-0.39, 0.29) is 28.6 Å². The Morgan fingerprint density at radius 3 is 1.92 bits per heavy atom. The summed E-state index contributed by atoms with van der Waals surface area (Å²) >= 11 is 0. The summed E-state index contributed by atoms with van der Waals surface area (Å²) in [7, 11) is 1.34. The molecule has 15 N–H and O–H groups in total. The Kier molecular flexibility index (Phi) is 17.9. The van der Waals surface area contributed by atoms with Crippen LogP contribution in [0.25, 0.3) is 28.4 Å². The van der Waals surface area contributed by atoms with Gasteiger partial charge in [0, 0.05) is 23.8 Å². The molecule has 77 heavy (non-hydrogen) atoms. The molecule has 8 rings (SSSR count). The number of aromatic hydroxyl groups is 3. The van der Waals surface area contributed by atoms with Gasteiger partial charge in [-0.1, -0.05) is 6.07 Å². The number of hydrogen-bond donors (Lipinski definition) is 15. The summed E-state index contributed by atoms with van der Waals surface area (Å²) in [4.78, 5) is 27.2. The highest BCUT2D eigenvalue weighted by Crippen LogP contribution is 2.40. The number of carbonyl (C=O) groups is 1. The van der Waals surface area contributed by atoms with Gasteiger partial charge in [-0.25, -0.2) is 4.79 Å². The molecule has 4 saturated heterocycles. The first kappa shape index (κ1) is 57.3. The second kappa shape index (κ2) is 24.0. The van der Waals surface area contributed by atoms with Crippen LogP contribution in [0, 0.1) is 0 Å². The van der Waals surface area contributed by atoms with Crippen molar-refractivity contribution < 1.29 is 133 Å². The van der Waals surface area contributed by atoms with E-state index < -0.39 is 182 Å². The molecule has 0 aliphatic carbocycles. The molecule has 422 valence electrons. The fourth-order valence-electron chi connectivity index (χ4n) is 8.79. The number of phenolic OH excluding ortho intramolecular Hbond substituents is 3. The molecule has 0 amide bonds. The maximum absolute atomic E-state index is 14.6. The first-order valence-electron chi connectivity index (χ1n) is 23.8. The van der Waals surface area contributed by atoms with E-state index in [9.17, 15) is 86.2 Å². The third-order valence-corrected chi connectivity index (χ3v) is 13.2. The standard InChI is InChI=1S/C49H58O28/c1-17-31(55)35(59)39(63)46(70-17)69-16-28-44(76-48-41(65)36(60)32(56)26(14-50)73-48)38(62)42(66)49(75-28)77-45-34(58)30-23(53)12-21(13-25(30)72-43(45)19-5-7-20(51)8-6-19)71-47-40(64)37(61)33(57)27(74-47)15-68-29(54)10-4-18-3-9-22(52)24(11-18)67-2/h3-13,17,26-28,31-33,35-42,44,46-53,55-57,59-66H,14-16H2,1-2H3. The van der Waals surface area contributed by atoms with Crippen LogP contribution in [0.5, 0.6) is 34.5 Å². The van der Waals surface area contributed by atoms with E-state index in [4.69, 9.17) is 51.8 Å². The highest BCUT2D eigenvalue weighted by Gasteiger charge is 2.53. The molecule has 0 saturated carbocycles. The smallest absolute Gasteiger partial charge is 0.330 e. The van der Waals surface area contributed by atoms with Crippen molar-refractivity contribution in [3.63, 3.8) is 0 Å². The normalized spacial score (nSPS) is 35.7. The van der Waals surface area contributed by atoms with E-state index in [1.165, 1.54) is 62.6 Å². The Labute approximate surface area is 434 Å². The maximum atomic E-state index is 14.6. The quantitative estimate of drug-likeness (QED) is 0.0374. The lowest BCUT2D eigenvalue weighted by atomic mass is 9.96. The van der Waals surface area contributed by atoms with E-state index in [2.05, 4.69) is 0 Å². The first-order valence-corrected chi connectivity index (χ1v) is 23.8. The van der Waals surface area contributed by atoms with Gasteiger partial charge in [-0.15, -0.1) is 0 Å². The van der Waals surface area contributed by atoms with Gasteiger partial charge in [0.15, 0.2) is 29.8 Å². The van der Waals surface area contributed by atoms with Crippen molar-refractivity contribution in [2.75, 3.05) is 26.9 Å². The predicted molar refractivity (Wildman–Crippen MR) is 251 cm³/mol. The second-order valence-electron chi connectivity index (χ2n) is 18.4. The number of carbonyl (C=O) groups excluding carboxylic acids is 1. The summed E-state index contributed by atoms with van der Waals surface area (Å²) < 4.78 is 62.4. The van der Waals surface area contributed by atoms with Gasteiger partial charge in [0.1, 0.15) is 126 Å². The van der Waals surface area contributed by atoms with Crippen molar-refractivity contribution in [1.82, 2.24) is 0 Å². The van der Waals surface area contributed by atoms with Crippen LogP contribution in [0.2, 0.25) is 0 Å². The molecular weight excluding hydrogens is 1040 g/mol. The monoisotopic (exact) mass is 1090 g/mol. The minimum Gasteiger partial charge on any atom is -0.508 e. The molecule has 0 bridgehead atoms. The maximum Gasteiger partial charge on any atom is 0.330 e. The van der Waals surface area contributed by atoms with Gasteiger partial charge in [-0.05, 0) is 55.0 Å². The second-order valence-corrected chi connectivity index (χ2v) is 18.4. The third-order valence-electron chi connectivity index (χ3n) is 13.2. The fourth-order valence-corrected chi connectivity index (χ4v) is 8.79. The number of aliphatic hydroxyl groups is 12. The number of phenols is 3. The fraction of sp³-hybridized carbons (Fsp3) is 0.510. The lowest BCUT2D eigenvalue weighted by Gasteiger charge is -2.46. The van der Waals surface area contributed by atoms with E-state index in [0.29, 0.717) is 5.56 Å². The molecule has 28 nitrogen and oxygen atoms in total. The van der Waals surface area contributed by atoms with Crippen LogP contribution < -0.4 is 19.6 Å². The first-order chi connectivity index (χ1) is 36.6. The van der Waals surface area contributed by atoms with Crippen LogP contribution in [0.15, 0.2) is 69.9 Å². The minimum absolute atomic E-state index is 0.00800. The Balaban J connectivity index is 1.06. The molecule has 4 aliphatic rings. The SMILES string of the molecule is COc1cc(C=CC(=O)OCC2OC(Oc3cc(O)c4c(=O)c(OC5OC(COC6OC(C)C(O)C(O)C6O)C(OC6OC(CO)C(O)C(O)C6O)C(O)C5O)c(-c5ccc(O)cc5)oc4c3)C(O)C(O)C2O)ccc1O. The van der Waals surface area contributed by atoms with Gasteiger partial charge < -0.3 is 128 Å². The molecule has 4 aromatic rings. The summed E-state index contributed by atoms with van der Waals surface area (Å²) in [5.41, 5.74) is -1.14. The number of ether oxygens (including phenoxy) is 10. The third kappa shape index (κ3) is 12.1. The average Bonchev–Trinajstić information content (AvgIpc) is 3.44. The van der Waals surface area contributed by atoms with Crippen molar-refractivity contribution >= 4 is 23.0 Å². The summed E-state index contributed by atoms with van der Waals surface area (Å²) in [5, 5.41) is 159. The summed E-state index contributed by atoms with van der Waals surface area (Å²) in [6.45, 7) is -0.993. The zero-order valence-electron chi connectivity index (χ0n) is 40.5. The minimum atomic E-state index is -2.23. The molecule has 5 heterocycles. The molecule has 4 aliphatic heterocycles. The predicted octanol–water partition coefficient (Wildman–Crippen LogP) is -4.12. The molecular formula is C49H58O28. The van der Waals surface area contributed by atoms with E-state index in [1.807, 2.05) is 0 Å². The zero-order valence-corrected chi connectivity index (χ0v) is 40.5. The lowest BCUT2D eigenvalue weighted by molar-refractivity contribution is -0.359. The van der Waals surface area contributed by atoms with Crippen molar-refractivity contribution in [3.8, 4) is 45.8 Å². The molecule has 0 radical (unpaired) electrons. The van der Waals surface area contributed by atoms with Crippen molar-refractivity contribution in [2.45, 2.75) is 130 Å². The number of benzene rings is 3.